The summed E-state index contributed by atoms with van der Waals surface area (Å²) in [5.41, 5.74) is 1.79. The molecule has 0 unspecified atom stereocenters. The molecule has 0 aliphatic carbocycles. The van der Waals surface area contributed by atoms with E-state index < -0.39 is 11.6 Å². The lowest BCUT2D eigenvalue weighted by Gasteiger charge is -2.36. The fourth-order valence-electron chi connectivity index (χ4n) is 5.07. The van der Waals surface area contributed by atoms with Gasteiger partial charge in [-0.25, -0.2) is 23.7 Å². The number of benzene rings is 1. The Kier molecular flexibility index (Phi) is 7.71. The maximum Gasteiger partial charge on any atom is 0.257 e. The van der Waals surface area contributed by atoms with Crippen LogP contribution in [-0.4, -0.2) is 83.2 Å². The molecule has 2 aliphatic heterocycles. The lowest BCUT2D eigenvalue weighted by Crippen LogP contribution is -2.49. The van der Waals surface area contributed by atoms with E-state index in [0.29, 0.717) is 86.0 Å². The maximum absolute atomic E-state index is 14.8. The Bertz CT molecular complexity index is 1580. The molecule has 1 aromatic carbocycles. The average molecular weight is 578 g/mol. The van der Waals surface area contributed by atoms with Gasteiger partial charge in [-0.3, -0.25) is 9.78 Å². The van der Waals surface area contributed by atoms with Crippen molar-refractivity contribution in [1.29, 1.82) is 0 Å². The van der Waals surface area contributed by atoms with E-state index in [2.05, 4.69) is 19.9 Å². The molecular formula is C29H26ClF2N7O2. The van der Waals surface area contributed by atoms with Crippen molar-refractivity contribution >= 4 is 29.1 Å². The standard InChI is InChI=1S/C29H26ClF2N7O2/c30-23-17-33-7-5-20(23)27-26(21-4-3-19(31)16-24(21)32)35-18-25(36-27)37-8-10-39(11-9-37)29(40)22-2-1-6-34-28(22)38-12-14-41-15-13-38/h1-7,16-18H,8-15H2. The number of hydrogen-bond donors (Lipinski definition) is 0. The number of morpholine rings is 1. The Labute approximate surface area is 240 Å². The van der Waals surface area contributed by atoms with Crippen molar-refractivity contribution in [2.45, 2.75) is 0 Å². The van der Waals surface area contributed by atoms with E-state index >= 15 is 0 Å². The number of pyridine rings is 2. The minimum Gasteiger partial charge on any atom is -0.378 e. The summed E-state index contributed by atoms with van der Waals surface area (Å²) in [7, 11) is 0. The van der Waals surface area contributed by atoms with Gasteiger partial charge in [0.1, 0.15) is 29.0 Å². The number of piperazine rings is 1. The van der Waals surface area contributed by atoms with Crippen LogP contribution in [0.2, 0.25) is 5.02 Å². The van der Waals surface area contributed by atoms with Gasteiger partial charge in [-0.15, -0.1) is 0 Å². The van der Waals surface area contributed by atoms with Crippen LogP contribution in [0.15, 0.2) is 61.2 Å². The van der Waals surface area contributed by atoms with Crippen molar-refractivity contribution in [3.05, 3.63) is 83.4 Å². The molecule has 0 radical (unpaired) electrons. The molecule has 0 bridgehead atoms. The molecule has 41 heavy (non-hydrogen) atoms. The van der Waals surface area contributed by atoms with Crippen LogP contribution >= 0.6 is 11.6 Å². The van der Waals surface area contributed by atoms with Gasteiger partial charge < -0.3 is 19.4 Å². The number of halogens is 3. The number of hydrogen-bond acceptors (Lipinski definition) is 8. The second kappa shape index (κ2) is 11.7. The van der Waals surface area contributed by atoms with Crippen molar-refractivity contribution < 1.29 is 18.3 Å². The van der Waals surface area contributed by atoms with E-state index in [1.165, 1.54) is 18.3 Å². The number of rotatable bonds is 5. The average Bonchev–Trinajstić information content (AvgIpc) is 3.01. The van der Waals surface area contributed by atoms with Crippen molar-refractivity contribution in [3.63, 3.8) is 0 Å². The van der Waals surface area contributed by atoms with Crippen LogP contribution in [0, 0.1) is 11.6 Å². The topological polar surface area (TPSA) is 87.6 Å². The summed E-state index contributed by atoms with van der Waals surface area (Å²) >= 11 is 6.45. The highest BCUT2D eigenvalue weighted by molar-refractivity contribution is 6.33. The monoisotopic (exact) mass is 577 g/mol. The molecule has 0 saturated carbocycles. The van der Waals surface area contributed by atoms with Crippen LogP contribution in [0.25, 0.3) is 22.5 Å². The van der Waals surface area contributed by atoms with Gasteiger partial charge in [0, 0.05) is 75.1 Å². The summed E-state index contributed by atoms with van der Waals surface area (Å²) in [6, 6.07) is 8.59. The molecule has 1 amide bonds. The van der Waals surface area contributed by atoms with E-state index in [9.17, 15) is 13.6 Å². The van der Waals surface area contributed by atoms with E-state index in [1.54, 1.807) is 30.7 Å². The van der Waals surface area contributed by atoms with Gasteiger partial charge in [-0.05, 0) is 30.3 Å². The fraction of sp³-hybridized carbons (Fsp3) is 0.276. The molecule has 12 heteroatoms. The van der Waals surface area contributed by atoms with Crippen LogP contribution < -0.4 is 9.80 Å². The van der Waals surface area contributed by atoms with Crippen molar-refractivity contribution in [1.82, 2.24) is 24.8 Å². The summed E-state index contributed by atoms with van der Waals surface area (Å²) in [6.07, 6.45) is 6.30. The largest absolute Gasteiger partial charge is 0.378 e. The zero-order chi connectivity index (χ0) is 28.3. The normalized spacial score (nSPS) is 15.7. The molecule has 0 atom stereocenters. The number of amides is 1. The molecule has 2 saturated heterocycles. The molecule has 0 spiro atoms. The first-order valence-corrected chi connectivity index (χ1v) is 13.6. The Balaban J connectivity index is 1.25. The molecule has 5 heterocycles. The fourth-order valence-corrected chi connectivity index (χ4v) is 5.27. The van der Waals surface area contributed by atoms with Crippen molar-refractivity contribution in [2.24, 2.45) is 0 Å². The zero-order valence-corrected chi connectivity index (χ0v) is 22.8. The lowest BCUT2D eigenvalue weighted by atomic mass is 10.0. The number of aromatic nitrogens is 4. The lowest BCUT2D eigenvalue weighted by molar-refractivity contribution is 0.0745. The smallest absolute Gasteiger partial charge is 0.257 e. The number of anilines is 2. The van der Waals surface area contributed by atoms with Gasteiger partial charge in [-0.2, -0.15) is 0 Å². The molecular weight excluding hydrogens is 552 g/mol. The van der Waals surface area contributed by atoms with Gasteiger partial charge in [0.2, 0.25) is 0 Å². The minimum absolute atomic E-state index is 0.0725. The Morgan fingerprint density at radius 1 is 0.854 bits per heavy atom. The molecule has 6 rings (SSSR count). The van der Waals surface area contributed by atoms with Crippen LogP contribution in [0.3, 0.4) is 0 Å². The van der Waals surface area contributed by atoms with Crippen LogP contribution in [0.4, 0.5) is 20.4 Å². The highest BCUT2D eigenvalue weighted by Crippen LogP contribution is 2.35. The third kappa shape index (κ3) is 5.55. The SMILES string of the molecule is O=C(c1cccnc1N1CCOCC1)N1CCN(c2cnc(-c3ccc(F)cc3F)c(-c3ccncc3Cl)n2)CC1. The van der Waals surface area contributed by atoms with Gasteiger partial charge in [0.15, 0.2) is 0 Å². The van der Waals surface area contributed by atoms with Gasteiger partial charge >= 0.3 is 0 Å². The predicted octanol–water partition coefficient (Wildman–Crippen LogP) is 4.33. The Morgan fingerprint density at radius 3 is 2.41 bits per heavy atom. The van der Waals surface area contributed by atoms with Gasteiger partial charge in [-0.1, -0.05) is 11.6 Å². The van der Waals surface area contributed by atoms with Crippen LogP contribution in [-0.2, 0) is 4.74 Å². The summed E-state index contributed by atoms with van der Waals surface area (Å²) in [5.74, 6) is -0.275. The number of carbonyl (C=O) groups excluding carboxylic acids is 1. The zero-order valence-electron chi connectivity index (χ0n) is 22.0. The third-order valence-electron chi connectivity index (χ3n) is 7.19. The Hall–Kier alpha value is -4.22. The van der Waals surface area contributed by atoms with Gasteiger partial charge in [0.05, 0.1) is 35.7 Å². The first-order chi connectivity index (χ1) is 20.0. The highest BCUT2D eigenvalue weighted by Gasteiger charge is 2.28. The van der Waals surface area contributed by atoms with E-state index in [0.717, 1.165) is 6.07 Å². The van der Waals surface area contributed by atoms with Gasteiger partial charge in [0.25, 0.3) is 5.91 Å². The Morgan fingerprint density at radius 2 is 1.66 bits per heavy atom. The number of ether oxygens (including phenoxy) is 1. The van der Waals surface area contributed by atoms with Crippen molar-refractivity contribution in [2.75, 3.05) is 62.3 Å². The third-order valence-corrected chi connectivity index (χ3v) is 7.49. The molecule has 0 N–H and O–H groups in total. The summed E-state index contributed by atoms with van der Waals surface area (Å²) in [5, 5.41) is 0.325. The predicted molar refractivity (Wildman–Crippen MR) is 151 cm³/mol. The molecule has 2 fully saturated rings. The molecule has 9 nitrogen and oxygen atoms in total. The van der Waals surface area contributed by atoms with Crippen molar-refractivity contribution in [3.8, 4) is 22.5 Å². The molecule has 210 valence electrons. The van der Waals surface area contributed by atoms with E-state index in [4.69, 9.17) is 21.3 Å². The first kappa shape index (κ1) is 27.0. The maximum atomic E-state index is 14.8. The van der Waals surface area contributed by atoms with Crippen LogP contribution in [0.1, 0.15) is 10.4 Å². The summed E-state index contributed by atoms with van der Waals surface area (Å²) in [6.45, 7) is 4.54. The van der Waals surface area contributed by atoms with Crippen LogP contribution in [0.5, 0.6) is 0 Å². The molecule has 3 aromatic heterocycles. The molecule has 2 aliphatic rings. The first-order valence-electron chi connectivity index (χ1n) is 13.2. The number of nitrogens with zero attached hydrogens (tertiary/aromatic N) is 7. The van der Waals surface area contributed by atoms with E-state index in [-0.39, 0.29) is 17.2 Å². The van der Waals surface area contributed by atoms with E-state index in [1.807, 2.05) is 15.9 Å². The summed E-state index contributed by atoms with van der Waals surface area (Å²) < 4.78 is 33.9. The number of carbonyl (C=O) groups is 1. The quantitative estimate of drug-likeness (QED) is 0.346. The second-order valence-electron chi connectivity index (χ2n) is 9.66. The second-order valence-corrected chi connectivity index (χ2v) is 10.1. The summed E-state index contributed by atoms with van der Waals surface area (Å²) in [4.78, 5) is 37.4. The minimum atomic E-state index is -0.752. The highest BCUT2D eigenvalue weighted by atomic mass is 35.5. The molecule has 4 aromatic rings.